The second-order valence-electron chi connectivity index (χ2n) is 4.73. The lowest BCUT2D eigenvalue weighted by Gasteiger charge is -2.25. The Hall–Kier alpha value is -1.55. The van der Waals surface area contributed by atoms with Crippen molar-refractivity contribution in [2.24, 2.45) is 0 Å². The molecule has 0 saturated carbocycles. The van der Waals surface area contributed by atoms with Gasteiger partial charge in [0.25, 0.3) is 5.91 Å². The number of hydrogen-bond acceptors (Lipinski definition) is 2. The van der Waals surface area contributed by atoms with Crippen molar-refractivity contribution in [3.05, 3.63) is 29.3 Å². The maximum atomic E-state index is 12.0. The first kappa shape index (κ1) is 12.9. The molecule has 0 aliphatic carbocycles. The highest BCUT2D eigenvalue weighted by Gasteiger charge is 2.18. The highest BCUT2D eigenvalue weighted by molar-refractivity contribution is 5.77. The second-order valence-corrected chi connectivity index (χ2v) is 4.73. The molecule has 4 heteroatoms. The number of benzene rings is 1. The molecule has 18 heavy (non-hydrogen) atoms. The van der Waals surface area contributed by atoms with Crippen LogP contribution in [-0.4, -0.2) is 43.6 Å². The molecule has 2 N–H and O–H groups in total. The summed E-state index contributed by atoms with van der Waals surface area (Å²) in [6.45, 7) is 7.86. The molecule has 4 nitrogen and oxygen atoms in total. The Balaban J connectivity index is 1.90. The summed E-state index contributed by atoms with van der Waals surface area (Å²) >= 11 is 0. The molecule has 1 saturated heterocycles. The summed E-state index contributed by atoms with van der Waals surface area (Å²) in [5.41, 5.74) is 2.30. The highest BCUT2D eigenvalue weighted by atomic mass is 16.5. The number of quaternary nitrogens is 1. The molecule has 1 aliphatic rings. The van der Waals surface area contributed by atoms with Crippen molar-refractivity contribution in [3.63, 3.8) is 0 Å². The SMILES string of the molecule is Cc1cccc(OCC(=O)N2CC[NH2+]CC2)c1C. The topological polar surface area (TPSA) is 46.1 Å². The van der Waals surface area contributed by atoms with Gasteiger partial charge in [0.15, 0.2) is 6.61 Å². The Bertz CT molecular complexity index is 426. The van der Waals surface area contributed by atoms with Gasteiger partial charge in [-0.15, -0.1) is 0 Å². The fraction of sp³-hybridized carbons (Fsp3) is 0.500. The maximum absolute atomic E-state index is 12.0. The largest absolute Gasteiger partial charge is 0.483 e. The Kier molecular flexibility index (Phi) is 4.20. The molecule has 0 spiro atoms. The maximum Gasteiger partial charge on any atom is 0.260 e. The summed E-state index contributed by atoms with van der Waals surface area (Å²) in [5, 5.41) is 2.23. The third-order valence-corrected chi connectivity index (χ3v) is 3.47. The molecule has 0 radical (unpaired) electrons. The number of hydrogen-bond donors (Lipinski definition) is 1. The zero-order valence-corrected chi connectivity index (χ0v) is 11.1. The first-order valence-corrected chi connectivity index (χ1v) is 6.47. The van der Waals surface area contributed by atoms with E-state index >= 15 is 0 Å². The van der Waals surface area contributed by atoms with Crippen molar-refractivity contribution >= 4 is 5.91 Å². The van der Waals surface area contributed by atoms with E-state index in [2.05, 4.69) is 5.32 Å². The van der Waals surface area contributed by atoms with E-state index in [4.69, 9.17) is 4.74 Å². The summed E-state index contributed by atoms with van der Waals surface area (Å²) in [6, 6.07) is 5.92. The van der Waals surface area contributed by atoms with Gasteiger partial charge in [0.05, 0.1) is 26.2 Å². The fourth-order valence-electron chi connectivity index (χ4n) is 2.11. The van der Waals surface area contributed by atoms with Crippen LogP contribution in [0.4, 0.5) is 0 Å². The lowest BCUT2D eigenvalue weighted by Crippen LogP contribution is -2.90. The average Bonchev–Trinajstić information content (AvgIpc) is 2.41. The molecule has 2 rings (SSSR count). The first-order valence-electron chi connectivity index (χ1n) is 6.47. The molecule has 1 fully saturated rings. The predicted molar refractivity (Wildman–Crippen MR) is 69.7 cm³/mol. The Morgan fingerprint density at radius 3 is 2.78 bits per heavy atom. The Morgan fingerprint density at radius 2 is 2.06 bits per heavy atom. The van der Waals surface area contributed by atoms with Crippen LogP contribution < -0.4 is 10.1 Å². The van der Waals surface area contributed by atoms with Gasteiger partial charge in [-0.3, -0.25) is 4.79 Å². The van der Waals surface area contributed by atoms with Gasteiger partial charge in [-0.2, -0.15) is 0 Å². The number of rotatable bonds is 3. The number of ether oxygens (including phenoxy) is 1. The van der Waals surface area contributed by atoms with Gasteiger partial charge in [-0.25, -0.2) is 0 Å². The third kappa shape index (κ3) is 3.01. The summed E-state index contributed by atoms with van der Waals surface area (Å²) in [7, 11) is 0. The van der Waals surface area contributed by atoms with Crippen molar-refractivity contribution in [3.8, 4) is 5.75 Å². The second kappa shape index (κ2) is 5.87. The molecule has 0 aromatic heterocycles. The van der Waals surface area contributed by atoms with Crippen molar-refractivity contribution in [1.82, 2.24) is 4.90 Å². The molecule has 1 aliphatic heterocycles. The van der Waals surface area contributed by atoms with Gasteiger partial charge in [0.2, 0.25) is 0 Å². The van der Waals surface area contributed by atoms with Crippen LogP contribution in [0.1, 0.15) is 11.1 Å². The molecule has 0 bridgehead atoms. The van der Waals surface area contributed by atoms with Crippen LogP contribution in [0.25, 0.3) is 0 Å². The molecule has 1 amide bonds. The average molecular weight is 249 g/mol. The van der Waals surface area contributed by atoms with Crippen LogP contribution in [-0.2, 0) is 4.79 Å². The Labute approximate surface area is 108 Å². The summed E-state index contributed by atoms with van der Waals surface area (Å²) < 4.78 is 5.63. The van der Waals surface area contributed by atoms with E-state index < -0.39 is 0 Å². The van der Waals surface area contributed by atoms with Crippen LogP contribution in [0.15, 0.2) is 18.2 Å². The van der Waals surface area contributed by atoms with Gasteiger partial charge in [0.1, 0.15) is 5.75 Å². The normalized spacial score (nSPS) is 15.6. The standard InChI is InChI=1S/C14H20N2O2/c1-11-4-3-5-13(12(11)2)18-10-14(17)16-8-6-15-7-9-16/h3-5,15H,6-10H2,1-2H3/p+1. The van der Waals surface area contributed by atoms with E-state index in [1.54, 1.807) is 0 Å². The third-order valence-electron chi connectivity index (χ3n) is 3.47. The minimum atomic E-state index is 0.0870. The van der Waals surface area contributed by atoms with Crippen LogP contribution in [0.5, 0.6) is 5.75 Å². The number of carbonyl (C=O) groups excluding carboxylic acids is 1. The van der Waals surface area contributed by atoms with Gasteiger partial charge in [-0.1, -0.05) is 12.1 Å². The smallest absolute Gasteiger partial charge is 0.260 e. The molecule has 1 heterocycles. The van der Waals surface area contributed by atoms with E-state index in [9.17, 15) is 4.79 Å². The van der Waals surface area contributed by atoms with Gasteiger partial charge in [-0.05, 0) is 31.0 Å². The first-order chi connectivity index (χ1) is 8.68. The van der Waals surface area contributed by atoms with E-state index in [1.807, 2.05) is 36.9 Å². The number of carbonyl (C=O) groups is 1. The molecule has 0 unspecified atom stereocenters. The van der Waals surface area contributed by atoms with E-state index in [0.29, 0.717) is 0 Å². The zero-order valence-electron chi connectivity index (χ0n) is 11.1. The monoisotopic (exact) mass is 249 g/mol. The van der Waals surface area contributed by atoms with Crippen LogP contribution in [0.3, 0.4) is 0 Å². The molecule has 1 aromatic rings. The number of aryl methyl sites for hydroxylation is 1. The van der Waals surface area contributed by atoms with E-state index in [-0.39, 0.29) is 12.5 Å². The van der Waals surface area contributed by atoms with E-state index in [0.717, 1.165) is 37.5 Å². The van der Waals surface area contributed by atoms with Gasteiger partial charge in [0, 0.05) is 0 Å². The molecule has 1 aromatic carbocycles. The lowest BCUT2D eigenvalue weighted by atomic mass is 10.1. The fourth-order valence-corrected chi connectivity index (χ4v) is 2.11. The number of nitrogens with two attached hydrogens (primary N) is 1. The van der Waals surface area contributed by atoms with Crippen molar-refractivity contribution in [2.75, 3.05) is 32.8 Å². The van der Waals surface area contributed by atoms with Gasteiger partial charge < -0.3 is 15.0 Å². The quantitative estimate of drug-likeness (QED) is 0.825. The summed E-state index contributed by atoms with van der Waals surface area (Å²) in [6.07, 6.45) is 0. The van der Waals surface area contributed by atoms with Crippen molar-refractivity contribution in [1.29, 1.82) is 0 Å². The number of amides is 1. The molecular weight excluding hydrogens is 228 g/mol. The Morgan fingerprint density at radius 1 is 1.33 bits per heavy atom. The van der Waals surface area contributed by atoms with Crippen molar-refractivity contribution in [2.45, 2.75) is 13.8 Å². The highest BCUT2D eigenvalue weighted by Crippen LogP contribution is 2.20. The lowest BCUT2D eigenvalue weighted by molar-refractivity contribution is -0.662. The summed E-state index contributed by atoms with van der Waals surface area (Å²) in [5.74, 6) is 0.899. The van der Waals surface area contributed by atoms with Crippen LogP contribution in [0.2, 0.25) is 0 Å². The molecule has 98 valence electrons. The van der Waals surface area contributed by atoms with Crippen LogP contribution in [0, 0.1) is 13.8 Å². The summed E-state index contributed by atoms with van der Waals surface area (Å²) in [4.78, 5) is 13.8. The molecular formula is C14H21N2O2+. The van der Waals surface area contributed by atoms with E-state index in [1.165, 1.54) is 5.56 Å². The minimum Gasteiger partial charge on any atom is -0.483 e. The van der Waals surface area contributed by atoms with Crippen LogP contribution >= 0.6 is 0 Å². The number of nitrogens with zero attached hydrogens (tertiary/aromatic N) is 1. The van der Waals surface area contributed by atoms with Gasteiger partial charge >= 0.3 is 0 Å². The zero-order chi connectivity index (χ0) is 13.0. The molecule has 0 atom stereocenters. The number of piperazine rings is 1. The minimum absolute atomic E-state index is 0.0870. The predicted octanol–water partition coefficient (Wildman–Crippen LogP) is 0.0878. The van der Waals surface area contributed by atoms with Crippen molar-refractivity contribution < 1.29 is 14.8 Å².